The molecule has 1 aliphatic rings. The number of hydrogen-bond donors (Lipinski definition) is 1. The Morgan fingerprint density at radius 2 is 2.00 bits per heavy atom. The largest absolute Gasteiger partial charge is 0.381 e. The van der Waals surface area contributed by atoms with Crippen LogP contribution in [0.5, 0.6) is 0 Å². The van der Waals surface area contributed by atoms with Gasteiger partial charge in [-0.05, 0) is 25.3 Å². The van der Waals surface area contributed by atoms with Crippen molar-refractivity contribution in [2.45, 2.75) is 37.8 Å². The van der Waals surface area contributed by atoms with Crippen molar-refractivity contribution in [1.82, 2.24) is 9.78 Å². The van der Waals surface area contributed by atoms with E-state index in [1.165, 1.54) is 5.56 Å². The molecule has 1 saturated heterocycles. The van der Waals surface area contributed by atoms with Crippen LogP contribution in [0.1, 0.15) is 36.9 Å². The average Bonchev–Trinajstić information content (AvgIpc) is 3.04. The maximum Gasteiger partial charge on any atom is 0.0537 e. The van der Waals surface area contributed by atoms with Crippen LogP contribution < -0.4 is 5.73 Å². The van der Waals surface area contributed by atoms with E-state index in [1.807, 2.05) is 10.9 Å². The molecule has 1 fully saturated rings. The fraction of sp³-hybridized carbons (Fsp3) is 0.471. The SMILES string of the molecule is CCn1cc(C(N)C2(c3ccccc3)CCOCC2)cn1. The molecule has 1 atom stereocenters. The standard InChI is InChI=1S/C17H23N3O/c1-2-20-13-14(12-19-20)16(18)17(8-10-21-11-9-17)15-6-4-3-5-7-15/h3-7,12-13,16H,2,8-11,18H2,1H3. The van der Waals surface area contributed by atoms with E-state index in [9.17, 15) is 0 Å². The monoisotopic (exact) mass is 285 g/mol. The zero-order valence-corrected chi connectivity index (χ0v) is 12.5. The third kappa shape index (κ3) is 2.61. The summed E-state index contributed by atoms with van der Waals surface area (Å²) in [6.45, 7) is 4.49. The highest BCUT2D eigenvalue weighted by molar-refractivity contribution is 5.32. The van der Waals surface area contributed by atoms with Gasteiger partial charge in [0.15, 0.2) is 0 Å². The Morgan fingerprint density at radius 1 is 1.29 bits per heavy atom. The number of aryl methyl sites for hydroxylation is 1. The summed E-state index contributed by atoms with van der Waals surface area (Å²) in [6.07, 6.45) is 5.89. The van der Waals surface area contributed by atoms with Crippen LogP contribution in [0.2, 0.25) is 0 Å². The van der Waals surface area contributed by atoms with E-state index in [1.54, 1.807) is 0 Å². The van der Waals surface area contributed by atoms with Crippen LogP contribution in [0.15, 0.2) is 42.7 Å². The number of ether oxygens (including phenoxy) is 1. The second kappa shape index (κ2) is 6.00. The molecular formula is C17H23N3O. The summed E-state index contributed by atoms with van der Waals surface area (Å²) >= 11 is 0. The average molecular weight is 285 g/mol. The van der Waals surface area contributed by atoms with Crippen molar-refractivity contribution >= 4 is 0 Å². The van der Waals surface area contributed by atoms with Gasteiger partial charge in [0.25, 0.3) is 0 Å². The summed E-state index contributed by atoms with van der Waals surface area (Å²) in [4.78, 5) is 0. The van der Waals surface area contributed by atoms with Crippen LogP contribution in [0, 0.1) is 0 Å². The number of benzene rings is 1. The Balaban J connectivity index is 1.99. The summed E-state index contributed by atoms with van der Waals surface area (Å²) in [6, 6.07) is 10.6. The Labute approximate surface area is 125 Å². The summed E-state index contributed by atoms with van der Waals surface area (Å²) < 4.78 is 7.52. The molecule has 4 nitrogen and oxygen atoms in total. The first-order chi connectivity index (χ1) is 10.3. The van der Waals surface area contributed by atoms with Crippen LogP contribution in [0.3, 0.4) is 0 Å². The zero-order chi connectivity index (χ0) is 14.7. The maximum atomic E-state index is 6.70. The van der Waals surface area contributed by atoms with E-state index in [4.69, 9.17) is 10.5 Å². The smallest absolute Gasteiger partial charge is 0.0537 e. The lowest BCUT2D eigenvalue weighted by molar-refractivity contribution is 0.0397. The minimum absolute atomic E-state index is 0.0518. The van der Waals surface area contributed by atoms with Crippen molar-refractivity contribution < 1.29 is 4.74 Å². The molecule has 1 aromatic carbocycles. The van der Waals surface area contributed by atoms with Gasteiger partial charge in [-0.2, -0.15) is 5.10 Å². The second-order valence-electron chi connectivity index (χ2n) is 5.74. The lowest BCUT2D eigenvalue weighted by atomic mass is 9.67. The number of hydrogen-bond acceptors (Lipinski definition) is 3. The lowest BCUT2D eigenvalue weighted by Gasteiger charge is -2.42. The van der Waals surface area contributed by atoms with Crippen LogP contribution in [-0.4, -0.2) is 23.0 Å². The Hall–Kier alpha value is -1.65. The second-order valence-corrected chi connectivity index (χ2v) is 5.74. The van der Waals surface area contributed by atoms with E-state index in [0.29, 0.717) is 0 Å². The molecule has 1 unspecified atom stereocenters. The highest BCUT2D eigenvalue weighted by Gasteiger charge is 2.41. The molecule has 1 aliphatic heterocycles. The van der Waals surface area contributed by atoms with Gasteiger partial charge >= 0.3 is 0 Å². The normalized spacial score (nSPS) is 19.3. The summed E-state index contributed by atoms with van der Waals surface area (Å²) in [5, 5.41) is 4.38. The van der Waals surface area contributed by atoms with Gasteiger partial charge in [0, 0.05) is 43.0 Å². The third-order valence-corrected chi connectivity index (χ3v) is 4.67. The molecular weight excluding hydrogens is 262 g/mol. The number of rotatable bonds is 4. The van der Waals surface area contributed by atoms with E-state index in [-0.39, 0.29) is 11.5 Å². The van der Waals surface area contributed by atoms with Gasteiger partial charge in [0.2, 0.25) is 0 Å². The van der Waals surface area contributed by atoms with E-state index in [0.717, 1.165) is 38.2 Å². The molecule has 112 valence electrons. The van der Waals surface area contributed by atoms with Crippen LogP contribution in [-0.2, 0) is 16.7 Å². The fourth-order valence-corrected chi connectivity index (χ4v) is 3.32. The molecule has 2 N–H and O–H groups in total. The molecule has 0 saturated carbocycles. The number of aromatic nitrogens is 2. The highest BCUT2D eigenvalue weighted by atomic mass is 16.5. The van der Waals surface area contributed by atoms with E-state index < -0.39 is 0 Å². The predicted octanol–water partition coefficient (Wildman–Crippen LogP) is 2.65. The molecule has 1 aromatic heterocycles. The predicted molar refractivity (Wildman–Crippen MR) is 83.0 cm³/mol. The van der Waals surface area contributed by atoms with Gasteiger partial charge in [0.05, 0.1) is 6.20 Å². The quantitative estimate of drug-likeness (QED) is 0.939. The van der Waals surface area contributed by atoms with Crippen LogP contribution in [0.4, 0.5) is 0 Å². The number of nitrogens with zero attached hydrogens (tertiary/aromatic N) is 2. The minimum Gasteiger partial charge on any atom is -0.381 e. The van der Waals surface area contributed by atoms with Crippen LogP contribution in [0.25, 0.3) is 0 Å². The van der Waals surface area contributed by atoms with Crippen LogP contribution >= 0.6 is 0 Å². The first-order valence-corrected chi connectivity index (χ1v) is 7.67. The van der Waals surface area contributed by atoms with Crippen molar-refractivity contribution in [3.05, 3.63) is 53.9 Å². The molecule has 0 bridgehead atoms. The van der Waals surface area contributed by atoms with Gasteiger partial charge in [-0.15, -0.1) is 0 Å². The van der Waals surface area contributed by atoms with Gasteiger partial charge < -0.3 is 10.5 Å². The third-order valence-electron chi connectivity index (χ3n) is 4.67. The molecule has 4 heteroatoms. The molecule has 2 heterocycles. The summed E-state index contributed by atoms with van der Waals surface area (Å²) in [5.74, 6) is 0. The zero-order valence-electron chi connectivity index (χ0n) is 12.5. The summed E-state index contributed by atoms with van der Waals surface area (Å²) in [5.41, 5.74) is 9.07. The van der Waals surface area contributed by atoms with Gasteiger partial charge in [-0.25, -0.2) is 0 Å². The maximum absolute atomic E-state index is 6.70. The van der Waals surface area contributed by atoms with Gasteiger partial charge in [-0.1, -0.05) is 30.3 Å². The lowest BCUT2D eigenvalue weighted by Crippen LogP contribution is -2.43. The van der Waals surface area contributed by atoms with Crippen molar-refractivity contribution in [3.63, 3.8) is 0 Å². The molecule has 21 heavy (non-hydrogen) atoms. The molecule has 2 aromatic rings. The molecule has 0 radical (unpaired) electrons. The Bertz CT molecular complexity index is 573. The highest BCUT2D eigenvalue weighted by Crippen LogP contribution is 2.43. The van der Waals surface area contributed by atoms with Gasteiger partial charge in [-0.3, -0.25) is 4.68 Å². The van der Waals surface area contributed by atoms with Gasteiger partial charge in [0.1, 0.15) is 0 Å². The van der Waals surface area contributed by atoms with Crippen molar-refractivity contribution in [3.8, 4) is 0 Å². The van der Waals surface area contributed by atoms with E-state index >= 15 is 0 Å². The topological polar surface area (TPSA) is 53.1 Å². The fourth-order valence-electron chi connectivity index (χ4n) is 3.32. The minimum atomic E-state index is -0.0544. The first kappa shape index (κ1) is 14.3. The molecule has 3 rings (SSSR count). The van der Waals surface area contributed by atoms with Crippen molar-refractivity contribution in [2.75, 3.05) is 13.2 Å². The molecule has 0 amide bonds. The molecule has 0 aliphatic carbocycles. The van der Waals surface area contributed by atoms with E-state index in [2.05, 4.69) is 48.6 Å². The van der Waals surface area contributed by atoms with Crippen molar-refractivity contribution in [2.24, 2.45) is 5.73 Å². The summed E-state index contributed by atoms with van der Waals surface area (Å²) in [7, 11) is 0. The Morgan fingerprint density at radius 3 is 2.62 bits per heavy atom. The molecule has 0 spiro atoms. The van der Waals surface area contributed by atoms with Crippen molar-refractivity contribution in [1.29, 1.82) is 0 Å². The Kier molecular flexibility index (Phi) is 4.08. The number of nitrogens with two attached hydrogens (primary N) is 1. The first-order valence-electron chi connectivity index (χ1n) is 7.67.